The van der Waals surface area contributed by atoms with Crippen molar-refractivity contribution in [3.8, 4) is 0 Å². The van der Waals surface area contributed by atoms with Crippen molar-refractivity contribution >= 4 is 37.9 Å². The molecule has 112 valence electrons. The van der Waals surface area contributed by atoms with E-state index < -0.39 is 16.1 Å². The Morgan fingerprint density at radius 3 is 3.10 bits per heavy atom. The Hall–Kier alpha value is -0.710. The molecule has 0 spiro atoms. The number of nitrogens with one attached hydrogen (secondary N) is 1. The second-order valence-corrected chi connectivity index (χ2v) is 6.97. The van der Waals surface area contributed by atoms with E-state index in [-0.39, 0.29) is 29.8 Å². The SMILES string of the molecule is COCC(O)CCNS(=O)(=O)c1c(Cl)nc2sccn12. The maximum absolute atomic E-state index is 12.2. The number of methoxy groups -OCH3 is 1. The average Bonchev–Trinajstić information content (AvgIpc) is 2.87. The number of nitrogens with zero attached hydrogens (tertiary/aromatic N) is 2. The third-order valence-electron chi connectivity index (χ3n) is 2.56. The molecule has 0 saturated heterocycles. The van der Waals surface area contributed by atoms with E-state index in [1.54, 1.807) is 11.6 Å². The second-order valence-electron chi connectivity index (χ2n) is 4.06. The second kappa shape index (κ2) is 6.37. The predicted molar refractivity (Wildman–Crippen MR) is 75.8 cm³/mol. The predicted octanol–water partition coefficient (Wildman–Crippen LogP) is 0.725. The van der Waals surface area contributed by atoms with Crippen molar-refractivity contribution in [1.29, 1.82) is 0 Å². The average molecular weight is 340 g/mol. The molecule has 7 nitrogen and oxygen atoms in total. The number of halogens is 1. The van der Waals surface area contributed by atoms with Crippen LogP contribution in [0.2, 0.25) is 5.15 Å². The lowest BCUT2D eigenvalue weighted by Crippen LogP contribution is -2.29. The molecule has 0 aliphatic heterocycles. The fourth-order valence-electron chi connectivity index (χ4n) is 1.68. The number of sulfonamides is 1. The fourth-order valence-corrected chi connectivity index (χ4v) is 4.18. The number of hydrogen-bond acceptors (Lipinski definition) is 6. The molecular formula is C10H14ClN3O4S2. The Bertz CT molecular complexity index is 682. The molecule has 2 N–H and O–H groups in total. The summed E-state index contributed by atoms with van der Waals surface area (Å²) in [6, 6.07) is 0. The Kier molecular flexibility index (Phi) is 4.99. The van der Waals surface area contributed by atoms with Crippen LogP contribution in [0.4, 0.5) is 0 Å². The molecule has 2 rings (SSSR count). The first-order valence-corrected chi connectivity index (χ1v) is 8.47. The molecule has 0 bridgehead atoms. The van der Waals surface area contributed by atoms with Crippen molar-refractivity contribution in [2.45, 2.75) is 17.6 Å². The van der Waals surface area contributed by atoms with Crippen LogP contribution in [0.25, 0.3) is 4.96 Å². The van der Waals surface area contributed by atoms with E-state index in [0.717, 1.165) is 0 Å². The molecule has 0 aliphatic rings. The van der Waals surface area contributed by atoms with Crippen molar-refractivity contribution in [3.05, 3.63) is 16.7 Å². The summed E-state index contributed by atoms with van der Waals surface area (Å²) in [7, 11) is -2.32. The highest BCUT2D eigenvalue weighted by Gasteiger charge is 2.24. The summed E-state index contributed by atoms with van der Waals surface area (Å²) in [5, 5.41) is 11.0. The molecular weight excluding hydrogens is 326 g/mol. The molecule has 0 aliphatic carbocycles. The monoisotopic (exact) mass is 339 g/mol. The summed E-state index contributed by atoms with van der Waals surface area (Å²) in [5.74, 6) is 0. The van der Waals surface area contributed by atoms with Crippen LogP contribution in [-0.4, -0.2) is 49.3 Å². The standard InChI is InChI=1S/C10H14ClN3O4S2/c1-18-6-7(15)2-3-12-20(16,17)9-8(11)13-10-14(9)4-5-19-10/h4-5,7,12,15H,2-3,6H2,1H3. The zero-order chi connectivity index (χ0) is 14.8. The van der Waals surface area contributed by atoms with E-state index in [2.05, 4.69) is 9.71 Å². The first-order valence-electron chi connectivity index (χ1n) is 5.73. The lowest BCUT2D eigenvalue weighted by atomic mass is 10.3. The highest BCUT2D eigenvalue weighted by Crippen LogP contribution is 2.25. The number of ether oxygens (including phenoxy) is 1. The minimum atomic E-state index is -3.78. The fraction of sp³-hybridized carbons (Fsp3) is 0.500. The lowest BCUT2D eigenvalue weighted by Gasteiger charge is -2.10. The molecule has 20 heavy (non-hydrogen) atoms. The Morgan fingerprint density at radius 1 is 1.65 bits per heavy atom. The van der Waals surface area contributed by atoms with E-state index in [0.29, 0.717) is 4.96 Å². The Balaban J connectivity index is 2.10. The minimum absolute atomic E-state index is 0.0678. The first kappa shape index (κ1) is 15.7. The molecule has 0 radical (unpaired) electrons. The summed E-state index contributed by atoms with van der Waals surface area (Å²) < 4.78 is 33.0. The number of aliphatic hydroxyl groups excluding tert-OH is 1. The zero-order valence-electron chi connectivity index (χ0n) is 10.6. The molecule has 10 heteroatoms. The molecule has 1 atom stereocenters. The van der Waals surface area contributed by atoms with Crippen LogP contribution in [0.5, 0.6) is 0 Å². The van der Waals surface area contributed by atoms with Gasteiger partial charge in [-0.3, -0.25) is 4.40 Å². The van der Waals surface area contributed by atoms with Gasteiger partial charge in [-0.2, -0.15) is 0 Å². The highest BCUT2D eigenvalue weighted by molar-refractivity contribution is 7.89. The van der Waals surface area contributed by atoms with Crippen LogP contribution in [0, 0.1) is 0 Å². The van der Waals surface area contributed by atoms with Gasteiger partial charge in [0, 0.05) is 25.2 Å². The van der Waals surface area contributed by atoms with Gasteiger partial charge in [-0.25, -0.2) is 18.1 Å². The number of aliphatic hydroxyl groups is 1. The van der Waals surface area contributed by atoms with Crippen LogP contribution in [0.15, 0.2) is 16.6 Å². The highest BCUT2D eigenvalue weighted by atomic mass is 35.5. The van der Waals surface area contributed by atoms with Crippen molar-refractivity contribution < 1.29 is 18.3 Å². The molecule has 0 fully saturated rings. The first-order chi connectivity index (χ1) is 9.45. The molecule has 2 aromatic heterocycles. The number of hydrogen-bond donors (Lipinski definition) is 2. The third kappa shape index (κ3) is 3.30. The summed E-state index contributed by atoms with van der Waals surface area (Å²) in [4.78, 5) is 4.48. The summed E-state index contributed by atoms with van der Waals surface area (Å²) >= 11 is 7.16. The summed E-state index contributed by atoms with van der Waals surface area (Å²) in [6.07, 6.45) is 1.12. The molecule has 2 aromatic rings. The van der Waals surface area contributed by atoms with Crippen molar-refractivity contribution in [1.82, 2.24) is 14.1 Å². The van der Waals surface area contributed by atoms with Gasteiger partial charge in [-0.1, -0.05) is 11.6 Å². The summed E-state index contributed by atoms with van der Waals surface area (Å²) in [6.45, 7) is 0.241. The third-order valence-corrected chi connectivity index (χ3v) is 5.18. The van der Waals surface area contributed by atoms with Gasteiger partial charge < -0.3 is 9.84 Å². The van der Waals surface area contributed by atoms with Gasteiger partial charge in [0.2, 0.25) is 0 Å². The van der Waals surface area contributed by atoms with Gasteiger partial charge in [0.05, 0.1) is 12.7 Å². The topological polar surface area (TPSA) is 92.9 Å². The van der Waals surface area contributed by atoms with Crippen LogP contribution in [0.3, 0.4) is 0 Å². The largest absolute Gasteiger partial charge is 0.391 e. The molecule has 2 heterocycles. The number of rotatable bonds is 7. The lowest BCUT2D eigenvalue weighted by molar-refractivity contribution is 0.0603. The number of aromatic nitrogens is 2. The maximum Gasteiger partial charge on any atom is 0.259 e. The van der Waals surface area contributed by atoms with Gasteiger partial charge in [-0.15, -0.1) is 11.3 Å². The van der Waals surface area contributed by atoms with Gasteiger partial charge in [0.25, 0.3) is 10.0 Å². The van der Waals surface area contributed by atoms with E-state index in [9.17, 15) is 13.5 Å². The number of imidazole rings is 1. The maximum atomic E-state index is 12.2. The van der Waals surface area contributed by atoms with Crippen LogP contribution < -0.4 is 4.72 Å². The minimum Gasteiger partial charge on any atom is -0.391 e. The molecule has 0 amide bonds. The van der Waals surface area contributed by atoms with E-state index in [1.165, 1.54) is 22.8 Å². The number of thiazole rings is 1. The van der Waals surface area contributed by atoms with Crippen molar-refractivity contribution in [3.63, 3.8) is 0 Å². The Labute approximate surface area is 125 Å². The van der Waals surface area contributed by atoms with Crippen molar-refractivity contribution in [2.24, 2.45) is 0 Å². The van der Waals surface area contributed by atoms with Gasteiger partial charge in [0.1, 0.15) is 0 Å². The Morgan fingerprint density at radius 2 is 2.40 bits per heavy atom. The molecule has 0 saturated carbocycles. The van der Waals surface area contributed by atoms with Crippen LogP contribution in [-0.2, 0) is 14.8 Å². The van der Waals surface area contributed by atoms with Crippen LogP contribution in [0.1, 0.15) is 6.42 Å². The van der Waals surface area contributed by atoms with Gasteiger partial charge in [0.15, 0.2) is 15.1 Å². The van der Waals surface area contributed by atoms with Crippen LogP contribution >= 0.6 is 22.9 Å². The molecule has 1 unspecified atom stereocenters. The van der Waals surface area contributed by atoms with E-state index in [1.807, 2.05) is 0 Å². The quantitative estimate of drug-likeness (QED) is 0.775. The normalized spacial score (nSPS) is 13.9. The zero-order valence-corrected chi connectivity index (χ0v) is 13.0. The van der Waals surface area contributed by atoms with E-state index in [4.69, 9.17) is 16.3 Å². The van der Waals surface area contributed by atoms with Gasteiger partial charge >= 0.3 is 0 Å². The molecule has 0 aromatic carbocycles. The van der Waals surface area contributed by atoms with Gasteiger partial charge in [-0.05, 0) is 6.42 Å². The number of fused-ring (bicyclic) bond motifs is 1. The smallest absolute Gasteiger partial charge is 0.259 e. The van der Waals surface area contributed by atoms with E-state index >= 15 is 0 Å². The van der Waals surface area contributed by atoms with Crippen molar-refractivity contribution in [2.75, 3.05) is 20.3 Å². The summed E-state index contributed by atoms with van der Waals surface area (Å²) in [5.41, 5.74) is 0.